The summed E-state index contributed by atoms with van der Waals surface area (Å²) in [7, 11) is 0. The Morgan fingerprint density at radius 2 is 1.96 bits per heavy atom. The molecule has 0 aliphatic carbocycles. The third kappa shape index (κ3) is 3.78. The molecule has 0 aliphatic heterocycles. The molecular formula is C22H21N3OS. The fourth-order valence-electron chi connectivity index (χ4n) is 3.19. The standard InChI is InChI=1S/C22H21N3OS/c1-16-8-6-14-25-21(16)24-20(17-9-3-2-4-10-17)22(25)23-19(26)13-5-11-18-12-7-15-27-18/h2-4,6-10,12,14-15H,5,11,13H2,1H3,(H,23,26). The van der Waals surface area contributed by atoms with Gasteiger partial charge in [0.25, 0.3) is 0 Å². The van der Waals surface area contributed by atoms with Crippen molar-refractivity contribution in [2.24, 2.45) is 0 Å². The number of thiophene rings is 1. The van der Waals surface area contributed by atoms with Gasteiger partial charge in [0.1, 0.15) is 17.2 Å². The zero-order valence-electron chi connectivity index (χ0n) is 15.2. The average Bonchev–Trinajstić information content (AvgIpc) is 3.32. The SMILES string of the molecule is Cc1cccn2c(NC(=O)CCCc3cccs3)c(-c3ccccc3)nc12. The second kappa shape index (κ2) is 7.76. The third-order valence-corrected chi connectivity index (χ3v) is 5.49. The van der Waals surface area contributed by atoms with Crippen molar-refractivity contribution in [3.63, 3.8) is 0 Å². The van der Waals surface area contributed by atoms with E-state index < -0.39 is 0 Å². The summed E-state index contributed by atoms with van der Waals surface area (Å²) in [5, 5.41) is 5.18. The molecule has 0 spiro atoms. The lowest BCUT2D eigenvalue weighted by Gasteiger charge is -2.08. The van der Waals surface area contributed by atoms with E-state index in [0.29, 0.717) is 6.42 Å². The van der Waals surface area contributed by atoms with Crippen molar-refractivity contribution in [2.75, 3.05) is 5.32 Å². The summed E-state index contributed by atoms with van der Waals surface area (Å²) in [6.45, 7) is 2.03. The molecule has 3 heterocycles. The van der Waals surface area contributed by atoms with E-state index in [9.17, 15) is 4.79 Å². The fraction of sp³-hybridized carbons (Fsp3) is 0.182. The molecule has 1 amide bonds. The molecule has 0 aliphatic rings. The molecule has 5 heteroatoms. The second-order valence-electron chi connectivity index (χ2n) is 6.54. The summed E-state index contributed by atoms with van der Waals surface area (Å²) in [4.78, 5) is 18.7. The van der Waals surface area contributed by atoms with Crippen molar-refractivity contribution < 1.29 is 4.79 Å². The summed E-state index contributed by atoms with van der Waals surface area (Å²) in [5.41, 5.74) is 3.74. The first kappa shape index (κ1) is 17.5. The first-order chi connectivity index (χ1) is 13.2. The minimum Gasteiger partial charge on any atom is -0.310 e. The first-order valence-electron chi connectivity index (χ1n) is 9.08. The molecule has 1 N–H and O–H groups in total. The number of rotatable bonds is 6. The molecule has 0 atom stereocenters. The number of anilines is 1. The smallest absolute Gasteiger partial charge is 0.225 e. The van der Waals surface area contributed by atoms with Crippen LogP contribution in [0, 0.1) is 6.92 Å². The summed E-state index contributed by atoms with van der Waals surface area (Å²) >= 11 is 1.74. The molecule has 0 fully saturated rings. The molecule has 4 aromatic rings. The highest BCUT2D eigenvalue weighted by Gasteiger charge is 2.17. The number of nitrogens with zero attached hydrogens (tertiary/aromatic N) is 2. The van der Waals surface area contributed by atoms with E-state index in [1.807, 2.05) is 66.1 Å². The fourth-order valence-corrected chi connectivity index (χ4v) is 3.94. The number of amides is 1. The number of hydrogen-bond acceptors (Lipinski definition) is 3. The Morgan fingerprint density at radius 3 is 2.74 bits per heavy atom. The van der Waals surface area contributed by atoms with Crippen LogP contribution in [-0.4, -0.2) is 15.3 Å². The minimum atomic E-state index is 0.0204. The maximum absolute atomic E-state index is 12.6. The van der Waals surface area contributed by atoms with Gasteiger partial charge in [-0.1, -0.05) is 42.5 Å². The number of pyridine rings is 1. The van der Waals surface area contributed by atoms with Crippen LogP contribution in [0.3, 0.4) is 0 Å². The van der Waals surface area contributed by atoms with E-state index in [0.717, 1.165) is 41.1 Å². The zero-order valence-corrected chi connectivity index (χ0v) is 16.0. The van der Waals surface area contributed by atoms with E-state index in [4.69, 9.17) is 4.98 Å². The van der Waals surface area contributed by atoms with Crippen molar-refractivity contribution in [1.82, 2.24) is 9.38 Å². The van der Waals surface area contributed by atoms with Crippen LogP contribution in [0.15, 0.2) is 66.2 Å². The van der Waals surface area contributed by atoms with E-state index >= 15 is 0 Å². The van der Waals surface area contributed by atoms with E-state index in [-0.39, 0.29) is 5.91 Å². The van der Waals surface area contributed by atoms with Crippen LogP contribution in [0.2, 0.25) is 0 Å². The lowest BCUT2D eigenvalue weighted by molar-refractivity contribution is -0.116. The van der Waals surface area contributed by atoms with Crippen LogP contribution in [0.5, 0.6) is 0 Å². The molecule has 4 rings (SSSR count). The van der Waals surface area contributed by atoms with Crippen LogP contribution in [-0.2, 0) is 11.2 Å². The van der Waals surface area contributed by atoms with Crippen LogP contribution < -0.4 is 5.32 Å². The number of imidazole rings is 1. The number of aromatic nitrogens is 2. The molecule has 0 unspecified atom stereocenters. The third-order valence-electron chi connectivity index (χ3n) is 4.56. The Kier molecular flexibility index (Phi) is 5.03. The van der Waals surface area contributed by atoms with Crippen molar-refractivity contribution in [1.29, 1.82) is 0 Å². The predicted molar refractivity (Wildman–Crippen MR) is 111 cm³/mol. The van der Waals surface area contributed by atoms with Gasteiger partial charge < -0.3 is 5.32 Å². The van der Waals surface area contributed by atoms with Crippen molar-refractivity contribution in [3.05, 3.63) is 76.6 Å². The Morgan fingerprint density at radius 1 is 1.11 bits per heavy atom. The largest absolute Gasteiger partial charge is 0.310 e. The van der Waals surface area contributed by atoms with Gasteiger partial charge in [-0.25, -0.2) is 4.98 Å². The minimum absolute atomic E-state index is 0.0204. The van der Waals surface area contributed by atoms with Crippen LogP contribution >= 0.6 is 11.3 Å². The Balaban J connectivity index is 1.59. The number of nitrogens with one attached hydrogen (secondary N) is 1. The first-order valence-corrected chi connectivity index (χ1v) is 9.95. The van der Waals surface area contributed by atoms with Gasteiger partial charge in [0.05, 0.1) is 0 Å². The number of carbonyl (C=O) groups is 1. The molecular weight excluding hydrogens is 354 g/mol. The van der Waals surface area contributed by atoms with Crippen molar-refractivity contribution in [2.45, 2.75) is 26.2 Å². The number of benzene rings is 1. The highest BCUT2D eigenvalue weighted by molar-refractivity contribution is 7.09. The van der Waals surface area contributed by atoms with Gasteiger partial charge in [-0.15, -0.1) is 11.3 Å². The van der Waals surface area contributed by atoms with Gasteiger partial charge >= 0.3 is 0 Å². The topological polar surface area (TPSA) is 46.4 Å². The molecule has 0 saturated heterocycles. The van der Waals surface area contributed by atoms with Gasteiger partial charge in [0.15, 0.2) is 0 Å². The van der Waals surface area contributed by atoms with Gasteiger partial charge in [-0.2, -0.15) is 0 Å². The normalized spacial score (nSPS) is 11.0. The summed E-state index contributed by atoms with van der Waals surface area (Å²) < 4.78 is 1.97. The molecule has 136 valence electrons. The Bertz CT molecular complexity index is 1050. The van der Waals surface area contributed by atoms with Crippen LogP contribution in [0.1, 0.15) is 23.3 Å². The van der Waals surface area contributed by atoms with Gasteiger partial charge in [0, 0.05) is 23.1 Å². The molecule has 0 radical (unpaired) electrons. The molecule has 0 saturated carbocycles. The maximum atomic E-state index is 12.6. The number of hydrogen-bond donors (Lipinski definition) is 1. The summed E-state index contributed by atoms with van der Waals surface area (Å²) in [5.74, 6) is 0.757. The number of fused-ring (bicyclic) bond motifs is 1. The quantitative estimate of drug-likeness (QED) is 0.495. The van der Waals surface area contributed by atoms with Crippen LogP contribution in [0.25, 0.3) is 16.9 Å². The second-order valence-corrected chi connectivity index (χ2v) is 7.57. The number of carbonyl (C=O) groups excluding carboxylic acids is 1. The van der Waals surface area contributed by atoms with E-state index in [1.165, 1.54) is 4.88 Å². The molecule has 1 aromatic carbocycles. The monoisotopic (exact) mass is 375 g/mol. The van der Waals surface area contributed by atoms with Gasteiger partial charge in [0.2, 0.25) is 5.91 Å². The molecule has 27 heavy (non-hydrogen) atoms. The van der Waals surface area contributed by atoms with Gasteiger partial charge in [-0.3, -0.25) is 9.20 Å². The van der Waals surface area contributed by atoms with E-state index in [2.05, 4.69) is 16.8 Å². The highest BCUT2D eigenvalue weighted by Crippen LogP contribution is 2.30. The maximum Gasteiger partial charge on any atom is 0.225 e. The lowest BCUT2D eigenvalue weighted by atomic mass is 10.1. The highest BCUT2D eigenvalue weighted by atomic mass is 32.1. The van der Waals surface area contributed by atoms with Crippen LogP contribution in [0.4, 0.5) is 5.82 Å². The van der Waals surface area contributed by atoms with Gasteiger partial charge in [-0.05, 0) is 42.8 Å². The average molecular weight is 375 g/mol. The zero-order chi connectivity index (χ0) is 18.6. The molecule has 3 aromatic heterocycles. The van der Waals surface area contributed by atoms with E-state index in [1.54, 1.807) is 11.3 Å². The molecule has 0 bridgehead atoms. The predicted octanol–water partition coefficient (Wildman–Crippen LogP) is 5.33. The molecule has 4 nitrogen and oxygen atoms in total. The Labute approximate surface area is 162 Å². The van der Waals surface area contributed by atoms with Crippen molar-refractivity contribution in [3.8, 4) is 11.3 Å². The Hall–Kier alpha value is -2.92. The number of aryl methyl sites for hydroxylation is 2. The summed E-state index contributed by atoms with van der Waals surface area (Å²) in [6, 6.07) is 18.2. The summed E-state index contributed by atoms with van der Waals surface area (Å²) in [6.07, 6.45) is 4.21. The van der Waals surface area contributed by atoms with Crippen molar-refractivity contribution >= 4 is 28.7 Å². The lowest BCUT2D eigenvalue weighted by Crippen LogP contribution is -2.13.